The van der Waals surface area contributed by atoms with Gasteiger partial charge in [-0.05, 0) is 31.5 Å². The first-order valence-corrected chi connectivity index (χ1v) is 9.44. The third-order valence-electron chi connectivity index (χ3n) is 5.36. The van der Waals surface area contributed by atoms with Crippen LogP contribution in [0, 0.1) is 12.8 Å². The van der Waals surface area contributed by atoms with Crippen LogP contribution in [0.5, 0.6) is 0 Å². The minimum Gasteiger partial charge on any atom is -0.274 e. The molecule has 0 bridgehead atoms. The Bertz CT molecular complexity index is 894. The molecule has 2 aliphatic rings. The second kappa shape index (κ2) is 7.20. The van der Waals surface area contributed by atoms with E-state index in [1.807, 2.05) is 61.5 Å². The molecule has 0 aromatic heterocycles. The maximum absolute atomic E-state index is 13.3. The minimum absolute atomic E-state index is 0.0874. The number of aryl methyl sites for hydroxylation is 1. The molecule has 0 unspecified atom stereocenters. The summed E-state index contributed by atoms with van der Waals surface area (Å²) in [5, 5.41) is 1.73. The molecule has 28 heavy (non-hydrogen) atoms. The van der Waals surface area contributed by atoms with Crippen LogP contribution < -0.4 is 5.06 Å². The number of nitrogens with zero attached hydrogens (tertiary/aromatic N) is 2. The number of imide groups is 3. The van der Waals surface area contributed by atoms with Crippen molar-refractivity contribution >= 4 is 23.4 Å². The number of para-hydroxylation sites is 1. The van der Waals surface area contributed by atoms with Gasteiger partial charge >= 0.3 is 0 Å². The Morgan fingerprint density at radius 3 is 2.18 bits per heavy atom. The van der Waals surface area contributed by atoms with Gasteiger partial charge in [0.2, 0.25) is 17.7 Å². The Labute approximate surface area is 163 Å². The van der Waals surface area contributed by atoms with Crippen molar-refractivity contribution in [3.05, 3.63) is 65.7 Å². The Morgan fingerprint density at radius 1 is 0.964 bits per heavy atom. The van der Waals surface area contributed by atoms with Crippen molar-refractivity contribution in [3.63, 3.8) is 0 Å². The van der Waals surface area contributed by atoms with Crippen LogP contribution in [0.2, 0.25) is 0 Å². The highest BCUT2D eigenvalue weighted by Crippen LogP contribution is 2.43. The molecule has 0 saturated carbocycles. The van der Waals surface area contributed by atoms with Crippen LogP contribution in [0.15, 0.2) is 54.6 Å². The van der Waals surface area contributed by atoms with Gasteiger partial charge in [0.1, 0.15) is 0 Å². The Balaban J connectivity index is 1.77. The van der Waals surface area contributed by atoms with Crippen LogP contribution in [-0.2, 0) is 19.2 Å². The predicted molar refractivity (Wildman–Crippen MR) is 103 cm³/mol. The van der Waals surface area contributed by atoms with Gasteiger partial charge in [0, 0.05) is 12.8 Å². The van der Waals surface area contributed by atoms with Crippen molar-refractivity contribution in [2.45, 2.75) is 38.8 Å². The normalized spacial score (nSPS) is 24.9. The fraction of sp³-hybridized carbons (Fsp3) is 0.318. The van der Waals surface area contributed by atoms with Crippen molar-refractivity contribution < 1.29 is 19.2 Å². The number of benzene rings is 2. The molecule has 2 heterocycles. The van der Waals surface area contributed by atoms with Gasteiger partial charge in [-0.25, -0.2) is 9.96 Å². The summed E-state index contributed by atoms with van der Waals surface area (Å²) < 4.78 is 0. The zero-order valence-corrected chi connectivity index (χ0v) is 15.9. The van der Waals surface area contributed by atoms with E-state index in [1.165, 1.54) is 0 Å². The van der Waals surface area contributed by atoms with Gasteiger partial charge in [-0.1, -0.05) is 48.0 Å². The van der Waals surface area contributed by atoms with Crippen LogP contribution in [0.1, 0.15) is 36.9 Å². The molecular formula is C22H22N2O4. The summed E-state index contributed by atoms with van der Waals surface area (Å²) >= 11 is 0. The lowest BCUT2D eigenvalue weighted by Crippen LogP contribution is -2.44. The Kier molecular flexibility index (Phi) is 4.73. The van der Waals surface area contributed by atoms with Crippen molar-refractivity contribution in [2.75, 3.05) is 5.06 Å². The van der Waals surface area contributed by atoms with Crippen LogP contribution in [0.4, 0.5) is 5.69 Å². The van der Waals surface area contributed by atoms with E-state index in [-0.39, 0.29) is 12.8 Å². The number of anilines is 1. The van der Waals surface area contributed by atoms with Gasteiger partial charge in [-0.3, -0.25) is 19.2 Å². The highest BCUT2D eigenvalue weighted by molar-refractivity contribution is 6.15. The molecule has 4 rings (SSSR count). The summed E-state index contributed by atoms with van der Waals surface area (Å²) in [6, 6.07) is 17.0. The van der Waals surface area contributed by atoms with Gasteiger partial charge in [-0.15, -0.1) is 0 Å². The lowest BCUT2D eigenvalue weighted by molar-refractivity contribution is -0.152. The van der Waals surface area contributed by atoms with Gasteiger partial charge in [0.15, 0.2) is 0 Å². The smallest absolute Gasteiger partial charge is 0.244 e. The molecule has 0 spiro atoms. The number of hydroxylamine groups is 1. The number of carbonyl (C=O) groups is 3. The van der Waals surface area contributed by atoms with Gasteiger partial charge in [0.05, 0.1) is 23.8 Å². The zero-order valence-electron chi connectivity index (χ0n) is 15.9. The third kappa shape index (κ3) is 3.10. The molecule has 144 valence electrons. The molecule has 2 saturated heterocycles. The molecule has 0 N–H and O–H groups in total. The Morgan fingerprint density at radius 2 is 1.57 bits per heavy atom. The van der Waals surface area contributed by atoms with Crippen molar-refractivity contribution in [1.29, 1.82) is 0 Å². The molecule has 6 heteroatoms. The second-order valence-electron chi connectivity index (χ2n) is 7.31. The molecule has 3 atom stereocenters. The predicted octanol–water partition coefficient (Wildman–Crippen LogP) is 3.17. The van der Waals surface area contributed by atoms with Crippen molar-refractivity contribution in [2.24, 2.45) is 5.92 Å². The largest absolute Gasteiger partial charge is 0.274 e. The first kappa shape index (κ1) is 18.4. The van der Waals surface area contributed by atoms with Crippen LogP contribution in [-0.4, -0.2) is 28.7 Å². The molecule has 0 radical (unpaired) electrons. The zero-order chi connectivity index (χ0) is 19.8. The van der Waals surface area contributed by atoms with E-state index in [1.54, 1.807) is 12.0 Å². The fourth-order valence-corrected chi connectivity index (χ4v) is 3.92. The van der Waals surface area contributed by atoms with Crippen LogP contribution in [0.25, 0.3) is 0 Å². The molecule has 2 fully saturated rings. The van der Waals surface area contributed by atoms with Gasteiger partial charge in [-0.2, -0.15) is 0 Å². The first-order valence-electron chi connectivity index (χ1n) is 9.44. The molecular weight excluding hydrogens is 356 g/mol. The lowest BCUT2D eigenvalue weighted by atomic mass is 9.88. The summed E-state index contributed by atoms with van der Waals surface area (Å²) in [6.45, 7) is 3.80. The summed E-state index contributed by atoms with van der Waals surface area (Å²) in [5.74, 6) is -2.01. The minimum atomic E-state index is -0.672. The van der Waals surface area contributed by atoms with Crippen LogP contribution in [0.3, 0.4) is 0 Å². The summed E-state index contributed by atoms with van der Waals surface area (Å²) in [6.07, 6.45) is -0.311. The highest BCUT2D eigenvalue weighted by Gasteiger charge is 2.50. The van der Waals surface area contributed by atoms with E-state index in [4.69, 9.17) is 4.84 Å². The number of amides is 3. The van der Waals surface area contributed by atoms with E-state index in [0.717, 1.165) is 21.7 Å². The average Bonchev–Trinajstić information content (AvgIpc) is 3.22. The maximum Gasteiger partial charge on any atom is 0.244 e. The van der Waals surface area contributed by atoms with Gasteiger partial charge in [0.25, 0.3) is 0 Å². The van der Waals surface area contributed by atoms with E-state index in [9.17, 15) is 14.4 Å². The quantitative estimate of drug-likeness (QED) is 0.768. The second-order valence-corrected chi connectivity index (χ2v) is 7.31. The van der Waals surface area contributed by atoms with Gasteiger partial charge < -0.3 is 0 Å². The maximum atomic E-state index is 13.3. The molecule has 3 amide bonds. The molecule has 0 aliphatic carbocycles. The summed E-state index contributed by atoms with van der Waals surface area (Å²) in [4.78, 5) is 44.5. The fourth-order valence-electron chi connectivity index (χ4n) is 3.92. The average molecular weight is 378 g/mol. The molecule has 2 aromatic rings. The lowest BCUT2D eigenvalue weighted by Gasteiger charge is -2.28. The Hall–Kier alpha value is -2.99. The topological polar surface area (TPSA) is 66.9 Å². The number of hydrogen-bond acceptors (Lipinski definition) is 5. The molecule has 6 nitrogen and oxygen atoms in total. The first-order chi connectivity index (χ1) is 13.5. The number of likely N-dealkylation sites (tertiary alicyclic amines) is 1. The SMILES string of the molecule is Cc1ccc([C@H]2[C@@H](C(=O)N3C(=O)CCC3=O)[C@H](C)ON2c2ccccc2)cc1. The number of hydrogen-bond donors (Lipinski definition) is 0. The van der Waals surface area contributed by atoms with E-state index >= 15 is 0 Å². The third-order valence-corrected chi connectivity index (χ3v) is 5.36. The van der Waals surface area contributed by atoms with Crippen LogP contribution >= 0.6 is 0 Å². The highest BCUT2D eigenvalue weighted by atomic mass is 16.7. The summed E-state index contributed by atoms with van der Waals surface area (Å²) in [5.41, 5.74) is 2.82. The molecule has 2 aliphatic heterocycles. The van der Waals surface area contributed by atoms with Crippen molar-refractivity contribution in [3.8, 4) is 0 Å². The van der Waals surface area contributed by atoms with Crippen molar-refractivity contribution in [1.82, 2.24) is 4.90 Å². The van der Waals surface area contributed by atoms with E-state index < -0.39 is 35.8 Å². The number of carbonyl (C=O) groups excluding carboxylic acids is 3. The summed E-state index contributed by atoms with van der Waals surface area (Å²) in [7, 11) is 0. The van der Waals surface area contributed by atoms with E-state index in [2.05, 4.69) is 0 Å². The standard InChI is InChI=1S/C22H22N2O4/c1-14-8-10-16(11-9-14)21-20(22(27)23-18(25)12-13-19(23)26)15(2)28-24(21)17-6-4-3-5-7-17/h3-11,15,20-21H,12-13H2,1-2H3/t15-,20-,21-/m0/s1. The number of rotatable bonds is 3. The monoisotopic (exact) mass is 378 g/mol. The van der Waals surface area contributed by atoms with E-state index in [0.29, 0.717) is 0 Å². The molecule has 2 aromatic carbocycles.